The monoisotopic (exact) mass is 320 g/mol. The molecule has 1 aliphatic heterocycles. The Morgan fingerprint density at radius 3 is 2.58 bits per heavy atom. The average molecular weight is 320 g/mol. The van der Waals surface area contributed by atoms with Crippen LogP contribution in [0.15, 0.2) is 54.6 Å². The zero-order valence-corrected chi connectivity index (χ0v) is 13.6. The predicted molar refractivity (Wildman–Crippen MR) is 94.2 cm³/mol. The molecule has 0 saturated carbocycles. The quantitative estimate of drug-likeness (QED) is 0.778. The molecule has 2 atom stereocenters. The largest absolute Gasteiger partial charge is 0.480 e. The number of benzene rings is 2. The van der Waals surface area contributed by atoms with Crippen LogP contribution in [-0.2, 0) is 17.8 Å². The molecular weight excluding hydrogens is 300 g/mol. The maximum Gasteiger partial charge on any atom is 0.321 e. The van der Waals surface area contributed by atoms with Crippen molar-refractivity contribution in [1.29, 1.82) is 0 Å². The van der Waals surface area contributed by atoms with Crippen LogP contribution in [0.25, 0.3) is 10.9 Å². The summed E-state index contributed by atoms with van der Waals surface area (Å²) in [5, 5.41) is 14.1. The number of hydrogen-bond donors (Lipinski definition) is 2. The van der Waals surface area contributed by atoms with E-state index in [1.165, 1.54) is 16.6 Å². The van der Waals surface area contributed by atoms with Crippen molar-refractivity contribution >= 4 is 16.9 Å². The molecule has 0 amide bonds. The summed E-state index contributed by atoms with van der Waals surface area (Å²) in [6.07, 6.45) is 0.515. The predicted octanol–water partition coefficient (Wildman–Crippen LogP) is 3.35. The van der Waals surface area contributed by atoms with Gasteiger partial charge in [0.05, 0.1) is 6.04 Å². The highest BCUT2D eigenvalue weighted by atomic mass is 16.4. The highest BCUT2D eigenvalue weighted by molar-refractivity contribution is 5.88. The van der Waals surface area contributed by atoms with Crippen molar-refractivity contribution in [3.63, 3.8) is 0 Å². The minimum atomic E-state index is -0.796. The number of nitrogens with zero attached hydrogens (tertiary/aromatic N) is 1. The maximum atomic E-state index is 11.7. The molecule has 2 aromatic carbocycles. The van der Waals surface area contributed by atoms with E-state index in [1.807, 2.05) is 30.3 Å². The number of aryl methyl sites for hydroxylation is 1. The van der Waals surface area contributed by atoms with E-state index in [9.17, 15) is 9.90 Å². The molecule has 4 rings (SSSR count). The molecule has 0 saturated heterocycles. The third-order valence-electron chi connectivity index (χ3n) is 4.92. The van der Waals surface area contributed by atoms with Crippen LogP contribution in [0.5, 0.6) is 0 Å². The van der Waals surface area contributed by atoms with Crippen LogP contribution in [0.3, 0.4) is 0 Å². The molecule has 1 aliphatic rings. The fraction of sp³-hybridized carbons (Fsp3) is 0.250. The van der Waals surface area contributed by atoms with Gasteiger partial charge in [-0.25, -0.2) is 0 Å². The number of aliphatic carboxylic acids is 1. The van der Waals surface area contributed by atoms with E-state index in [4.69, 9.17) is 0 Å². The highest BCUT2D eigenvalue weighted by Gasteiger charge is 2.35. The normalized spacial score (nSPS) is 20.0. The van der Waals surface area contributed by atoms with Crippen molar-refractivity contribution in [2.24, 2.45) is 0 Å². The average Bonchev–Trinajstić information content (AvgIpc) is 2.95. The van der Waals surface area contributed by atoms with Crippen molar-refractivity contribution in [3.05, 3.63) is 71.4 Å². The molecule has 3 aromatic rings. The second kappa shape index (κ2) is 5.80. The van der Waals surface area contributed by atoms with Gasteiger partial charge in [-0.2, -0.15) is 0 Å². The molecule has 0 spiro atoms. The minimum Gasteiger partial charge on any atom is -0.480 e. The lowest BCUT2D eigenvalue weighted by Gasteiger charge is -2.31. The first kappa shape index (κ1) is 15.0. The Labute approximate surface area is 140 Å². The fourth-order valence-electron chi connectivity index (χ4n) is 3.88. The summed E-state index contributed by atoms with van der Waals surface area (Å²) in [5.41, 5.74) is 4.64. The summed E-state index contributed by atoms with van der Waals surface area (Å²) in [5.74, 6) is -0.796. The Hall–Kier alpha value is -2.59. The van der Waals surface area contributed by atoms with Gasteiger partial charge in [-0.1, -0.05) is 48.5 Å². The SMILES string of the molecule is CCn1c2c(c3ccccc31)CC(C(=O)O)NC2c1ccccc1. The van der Waals surface area contributed by atoms with Gasteiger partial charge < -0.3 is 9.67 Å². The zero-order valence-electron chi connectivity index (χ0n) is 13.6. The number of hydrogen-bond acceptors (Lipinski definition) is 2. The lowest BCUT2D eigenvalue weighted by molar-refractivity contribution is -0.139. The van der Waals surface area contributed by atoms with Crippen LogP contribution in [0, 0.1) is 0 Å². The molecule has 1 aromatic heterocycles. The first-order valence-electron chi connectivity index (χ1n) is 8.34. The van der Waals surface area contributed by atoms with Crippen LogP contribution < -0.4 is 5.32 Å². The number of carboxylic acids is 1. The topological polar surface area (TPSA) is 54.3 Å². The van der Waals surface area contributed by atoms with Crippen molar-refractivity contribution in [1.82, 2.24) is 9.88 Å². The number of nitrogens with one attached hydrogen (secondary N) is 1. The van der Waals surface area contributed by atoms with E-state index in [0.717, 1.165) is 17.7 Å². The van der Waals surface area contributed by atoms with Crippen molar-refractivity contribution in [2.45, 2.75) is 32.0 Å². The molecular formula is C20H20N2O2. The van der Waals surface area contributed by atoms with Gasteiger partial charge in [-0.3, -0.25) is 10.1 Å². The zero-order chi connectivity index (χ0) is 16.7. The van der Waals surface area contributed by atoms with E-state index in [0.29, 0.717) is 6.42 Å². The van der Waals surface area contributed by atoms with E-state index >= 15 is 0 Å². The van der Waals surface area contributed by atoms with Gasteiger partial charge in [-0.05, 0) is 24.1 Å². The minimum absolute atomic E-state index is 0.108. The van der Waals surface area contributed by atoms with Crippen LogP contribution in [0.4, 0.5) is 0 Å². The smallest absolute Gasteiger partial charge is 0.321 e. The molecule has 122 valence electrons. The molecule has 0 fully saturated rings. The maximum absolute atomic E-state index is 11.7. The molecule has 2 heterocycles. The summed E-state index contributed by atoms with van der Waals surface area (Å²) >= 11 is 0. The lowest BCUT2D eigenvalue weighted by atomic mass is 9.90. The summed E-state index contributed by atoms with van der Waals surface area (Å²) < 4.78 is 2.31. The summed E-state index contributed by atoms with van der Waals surface area (Å²) in [4.78, 5) is 11.7. The standard InChI is InChI=1S/C20H20N2O2/c1-2-22-17-11-7-6-10-14(17)15-12-16(20(23)24)21-18(19(15)22)13-8-4-3-5-9-13/h3-11,16,18,21H,2,12H2,1H3,(H,23,24). The third kappa shape index (κ3) is 2.22. The van der Waals surface area contributed by atoms with E-state index in [2.05, 4.69) is 41.1 Å². The molecule has 0 bridgehead atoms. The number of carbonyl (C=O) groups is 1. The van der Waals surface area contributed by atoms with Gasteiger partial charge in [0.15, 0.2) is 0 Å². The van der Waals surface area contributed by atoms with E-state index in [-0.39, 0.29) is 6.04 Å². The first-order valence-corrected chi connectivity index (χ1v) is 8.34. The fourth-order valence-corrected chi connectivity index (χ4v) is 3.88. The van der Waals surface area contributed by atoms with Gasteiger partial charge in [0.25, 0.3) is 0 Å². The van der Waals surface area contributed by atoms with E-state index < -0.39 is 12.0 Å². The van der Waals surface area contributed by atoms with Crippen LogP contribution in [0.1, 0.15) is 29.8 Å². The Kier molecular flexibility index (Phi) is 3.62. The van der Waals surface area contributed by atoms with Gasteiger partial charge >= 0.3 is 5.97 Å². The summed E-state index contributed by atoms with van der Waals surface area (Å²) in [7, 11) is 0. The number of fused-ring (bicyclic) bond motifs is 3. The Bertz CT molecular complexity index is 899. The van der Waals surface area contributed by atoms with Crippen molar-refractivity contribution in [3.8, 4) is 0 Å². The van der Waals surface area contributed by atoms with Gasteiger partial charge in [-0.15, -0.1) is 0 Å². The van der Waals surface area contributed by atoms with Crippen molar-refractivity contribution < 1.29 is 9.90 Å². The van der Waals surface area contributed by atoms with Crippen LogP contribution in [-0.4, -0.2) is 21.7 Å². The van der Waals surface area contributed by atoms with Crippen molar-refractivity contribution in [2.75, 3.05) is 0 Å². The number of para-hydroxylation sites is 1. The van der Waals surface area contributed by atoms with E-state index in [1.54, 1.807) is 0 Å². The molecule has 0 aliphatic carbocycles. The number of carboxylic acid groups (broad SMARTS) is 1. The summed E-state index contributed by atoms with van der Waals surface area (Å²) in [6, 6.07) is 17.7. The van der Waals surface area contributed by atoms with Gasteiger partial charge in [0.2, 0.25) is 0 Å². The second-order valence-corrected chi connectivity index (χ2v) is 6.23. The molecule has 4 heteroatoms. The van der Waals surface area contributed by atoms with Crippen LogP contribution in [0.2, 0.25) is 0 Å². The molecule has 0 radical (unpaired) electrons. The second-order valence-electron chi connectivity index (χ2n) is 6.23. The Morgan fingerprint density at radius 2 is 1.88 bits per heavy atom. The molecule has 24 heavy (non-hydrogen) atoms. The van der Waals surface area contributed by atoms with Gasteiger partial charge in [0.1, 0.15) is 6.04 Å². The molecule has 2 unspecified atom stereocenters. The molecule has 4 nitrogen and oxygen atoms in total. The third-order valence-corrected chi connectivity index (χ3v) is 4.92. The van der Waals surface area contributed by atoms with Gasteiger partial charge in [0, 0.05) is 29.6 Å². The number of aromatic nitrogens is 1. The lowest BCUT2D eigenvalue weighted by Crippen LogP contribution is -2.45. The number of rotatable bonds is 3. The first-order chi connectivity index (χ1) is 11.7. The highest BCUT2D eigenvalue weighted by Crippen LogP contribution is 2.37. The Balaban J connectivity index is 1.99. The van der Waals surface area contributed by atoms with Crippen LogP contribution >= 0.6 is 0 Å². The molecule has 2 N–H and O–H groups in total. The Morgan fingerprint density at radius 1 is 1.17 bits per heavy atom. The summed E-state index contributed by atoms with van der Waals surface area (Å²) in [6.45, 7) is 3.00.